The third kappa shape index (κ3) is 4.77. The van der Waals surface area contributed by atoms with Crippen LogP contribution < -0.4 is 10.5 Å². The number of halogens is 1. The van der Waals surface area contributed by atoms with Crippen LogP contribution in [0.5, 0.6) is 5.75 Å². The molecule has 1 atom stereocenters. The van der Waals surface area contributed by atoms with E-state index in [0.29, 0.717) is 6.61 Å². The molecule has 0 saturated heterocycles. The zero-order valence-corrected chi connectivity index (χ0v) is 16.9. The Labute approximate surface area is 162 Å². The molecule has 2 rings (SSSR count). The topological polar surface area (TPSA) is 61.5 Å². The second-order valence-corrected chi connectivity index (χ2v) is 6.95. The summed E-state index contributed by atoms with van der Waals surface area (Å²) < 4.78 is 10.9. The van der Waals surface area contributed by atoms with Crippen LogP contribution in [-0.2, 0) is 16.1 Å². The molecule has 0 fully saturated rings. The minimum Gasteiger partial charge on any atom is -0.488 e. The molecule has 0 aliphatic carbocycles. The van der Waals surface area contributed by atoms with Gasteiger partial charge >= 0.3 is 5.97 Å². The highest BCUT2D eigenvalue weighted by Gasteiger charge is 2.37. The second kappa shape index (κ2) is 9.06. The first-order chi connectivity index (χ1) is 11.8. The van der Waals surface area contributed by atoms with E-state index in [-0.39, 0.29) is 18.4 Å². The van der Waals surface area contributed by atoms with E-state index in [4.69, 9.17) is 15.2 Å². The lowest BCUT2D eigenvalue weighted by Crippen LogP contribution is -2.37. The summed E-state index contributed by atoms with van der Waals surface area (Å²) in [7, 11) is 1.38. The van der Waals surface area contributed by atoms with Crippen molar-refractivity contribution in [2.45, 2.75) is 40.3 Å². The van der Waals surface area contributed by atoms with Gasteiger partial charge in [-0.2, -0.15) is 0 Å². The number of benzene rings is 2. The lowest BCUT2D eigenvalue weighted by molar-refractivity contribution is -0.152. The summed E-state index contributed by atoms with van der Waals surface area (Å²) in [5.74, 6) is 0.537. The summed E-state index contributed by atoms with van der Waals surface area (Å²) >= 11 is 0. The summed E-state index contributed by atoms with van der Waals surface area (Å²) in [5.41, 5.74) is 9.58. The molecule has 2 aromatic carbocycles. The Morgan fingerprint density at radius 3 is 2.15 bits per heavy atom. The number of ether oxygens (including phenoxy) is 2. The molecule has 5 heteroatoms. The van der Waals surface area contributed by atoms with E-state index in [1.165, 1.54) is 7.11 Å². The van der Waals surface area contributed by atoms with E-state index in [9.17, 15) is 4.79 Å². The normalized spacial score (nSPS) is 12.1. The molecule has 0 aliphatic heterocycles. The molecule has 142 valence electrons. The van der Waals surface area contributed by atoms with Crippen molar-refractivity contribution in [3.05, 3.63) is 64.7 Å². The van der Waals surface area contributed by atoms with Crippen molar-refractivity contribution in [1.29, 1.82) is 0 Å². The fourth-order valence-electron chi connectivity index (χ4n) is 2.93. The van der Waals surface area contributed by atoms with Crippen LogP contribution in [0.1, 0.15) is 42.1 Å². The van der Waals surface area contributed by atoms with E-state index < -0.39 is 11.5 Å². The monoisotopic (exact) mass is 377 g/mol. The molecule has 0 spiro atoms. The van der Waals surface area contributed by atoms with Gasteiger partial charge < -0.3 is 15.2 Å². The number of methoxy groups -OCH3 is 1. The largest absolute Gasteiger partial charge is 0.488 e. The fourth-order valence-corrected chi connectivity index (χ4v) is 2.93. The Morgan fingerprint density at radius 1 is 1.12 bits per heavy atom. The standard InChI is InChI=1S/C21H27NO3.ClH/c1-14-11-17(19(22)21(3,4)20(23)24-5)12-15(2)18(14)25-13-16-9-7-6-8-10-16;/h6-12,19H,13,22H2,1-5H3;1H/t19-;/m1./s1. The lowest BCUT2D eigenvalue weighted by atomic mass is 9.80. The fraction of sp³-hybridized carbons (Fsp3) is 0.381. The molecule has 0 aliphatic rings. The number of hydrogen-bond acceptors (Lipinski definition) is 4. The van der Waals surface area contributed by atoms with Gasteiger partial charge in [0, 0.05) is 6.04 Å². The van der Waals surface area contributed by atoms with E-state index >= 15 is 0 Å². The molecule has 4 nitrogen and oxygen atoms in total. The average Bonchev–Trinajstić information content (AvgIpc) is 2.60. The van der Waals surface area contributed by atoms with Crippen molar-refractivity contribution in [3.63, 3.8) is 0 Å². The average molecular weight is 378 g/mol. The maximum absolute atomic E-state index is 12.0. The van der Waals surface area contributed by atoms with Crippen LogP contribution in [0.25, 0.3) is 0 Å². The number of carbonyl (C=O) groups excluding carboxylic acids is 1. The van der Waals surface area contributed by atoms with Crippen LogP contribution in [0, 0.1) is 19.3 Å². The highest BCUT2D eigenvalue weighted by Crippen LogP contribution is 2.36. The van der Waals surface area contributed by atoms with Crippen molar-refractivity contribution < 1.29 is 14.3 Å². The van der Waals surface area contributed by atoms with Crippen LogP contribution in [0.15, 0.2) is 42.5 Å². The van der Waals surface area contributed by atoms with Gasteiger partial charge in [-0.25, -0.2) is 0 Å². The van der Waals surface area contributed by atoms with Gasteiger partial charge in [-0.3, -0.25) is 4.79 Å². The van der Waals surface area contributed by atoms with Gasteiger partial charge in [-0.05, 0) is 49.9 Å². The van der Waals surface area contributed by atoms with Crippen molar-refractivity contribution in [1.82, 2.24) is 0 Å². The number of esters is 1. The number of nitrogens with two attached hydrogens (primary N) is 1. The molecule has 0 aromatic heterocycles. The van der Waals surface area contributed by atoms with Crippen LogP contribution in [0.2, 0.25) is 0 Å². The molecule has 2 N–H and O–H groups in total. The number of aryl methyl sites for hydroxylation is 2. The van der Waals surface area contributed by atoms with Crippen molar-refractivity contribution in [2.75, 3.05) is 7.11 Å². The highest BCUT2D eigenvalue weighted by atomic mass is 35.5. The zero-order chi connectivity index (χ0) is 18.6. The van der Waals surface area contributed by atoms with E-state index in [1.54, 1.807) is 13.8 Å². The van der Waals surface area contributed by atoms with Gasteiger partial charge in [0.1, 0.15) is 12.4 Å². The maximum atomic E-state index is 12.0. The zero-order valence-electron chi connectivity index (χ0n) is 16.0. The quantitative estimate of drug-likeness (QED) is 0.752. The summed E-state index contributed by atoms with van der Waals surface area (Å²) in [6.07, 6.45) is 0. The molecular weight excluding hydrogens is 350 g/mol. The van der Waals surface area contributed by atoms with Gasteiger partial charge in [0.2, 0.25) is 0 Å². The Kier molecular flexibility index (Phi) is 7.67. The number of rotatable bonds is 6. The van der Waals surface area contributed by atoms with Gasteiger partial charge in [0.25, 0.3) is 0 Å². The van der Waals surface area contributed by atoms with Gasteiger partial charge in [-0.1, -0.05) is 42.5 Å². The molecule has 0 amide bonds. The predicted octanol–water partition coefficient (Wildman–Crippen LogP) is 4.50. The summed E-state index contributed by atoms with van der Waals surface area (Å²) in [5, 5.41) is 0. The molecule has 0 heterocycles. The van der Waals surface area contributed by atoms with E-state index in [0.717, 1.165) is 28.0 Å². The number of carbonyl (C=O) groups is 1. The first-order valence-corrected chi connectivity index (χ1v) is 8.39. The maximum Gasteiger partial charge on any atom is 0.313 e. The van der Waals surface area contributed by atoms with E-state index in [2.05, 4.69) is 0 Å². The first kappa shape index (κ1) is 22.0. The molecule has 0 unspecified atom stereocenters. The van der Waals surface area contributed by atoms with Crippen LogP contribution in [0.3, 0.4) is 0 Å². The summed E-state index contributed by atoms with van der Waals surface area (Å²) in [4.78, 5) is 12.0. The smallest absolute Gasteiger partial charge is 0.313 e. The third-order valence-electron chi connectivity index (χ3n) is 4.56. The first-order valence-electron chi connectivity index (χ1n) is 8.39. The minimum absolute atomic E-state index is 0. The second-order valence-electron chi connectivity index (χ2n) is 6.95. The highest BCUT2D eigenvalue weighted by molar-refractivity contribution is 5.85. The molecule has 0 saturated carbocycles. The van der Waals surface area contributed by atoms with Gasteiger partial charge in [-0.15, -0.1) is 12.4 Å². The van der Waals surface area contributed by atoms with Crippen LogP contribution in [-0.4, -0.2) is 13.1 Å². The van der Waals surface area contributed by atoms with Crippen molar-refractivity contribution in [2.24, 2.45) is 11.1 Å². The summed E-state index contributed by atoms with van der Waals surface area (Å²) in [6, 6.07) is 13.6. The SMILES string of the molecule is COC(=O)C(C)(C)[C@H](N)c1cc(C)c(OCc2ccccc2)c(C)c1.Cl. The van der Waals surface area contributed by atoms with Crippen LogP contribution >= 0.6 is 12.4 Å². The Hall–Kier alpha value is -2.04. The predicted molar refractivity (Wildman–Crippen MR) is 107 cm³/mol. The van der Waals surface area contributed by atoms with Crippen LogP contribution in [0.4, 0.5) is 0 Å². The molecule has 2 aromatic rings. The van der Waals surface area contributed by atoms with Gasteiger partial charge in [0.15, 0.2) is 0 Å². The molecular formula is C21H28ClNO3. The van der Waals surface area contributed by atoms with Crippen molar-refractivity contribution in [3.8, 4) is 5.75 Å². The third-order valence-corrected chi connectivity index (χ3v) is 4.56. The van der Waals surface area contributed by atoms with Crippen molar-refractivity contribution >= 4 is 18.4 Å². The number of hydrogen-bond donors (Lipinski definition) is 1. The Bertz CT molecular complexity index is 721. The molecule has 26 heavy (non-hydrogen) atoms. The Morgan fingerprint density at radius 2 is 1.65 bits per heavy atom. The van der Waals surface area contributed by atoms with E-state index in [1.807, 2.05) is 56.3 Å². The summed E-state index contributed by atoms with van der Waals surface area (Å²) in [6.45, 7) is 8.10. The molecule has 0 bridgehead atoms. The van der Waals surface area contributed by atoms with Gasteiger partial charge in [0.05, 0.1) is 12.5 Å². The lowest BCUT2D eigenvalue weighted by Gasteiger charge is -2.29. The molecule has 0 radical (unpaired) electrons. The Balaban J connectivity index is 0.00000338. The minimum atomic E-state index is -0.806.